The molecule has 1 saturated heterocycles. The average molecular weight is 398 g/mol. The van der Waals surface area contributed by atoms with Crippen LogP contribution in [0.5, 0.6) is 0 Å². The van der Waals surface area contributed by atoms with Gasteiger partial charge in [0.1, 0.15) is 0 Å². The van der Waals surface area contributed by atoms with E-state index in [0.717, 1.165) is 39.0 Å². The van der Waals surface area contributed by atoms with Gasteiger partial charge >= 0.3 is 0 Å². The third kappa shape index (κ3) is 4.15. The molecule has 1 aliphatic heterocycles. The number of amides is 1. The largest absolute Gasteiger partial charge is 0.345 e. The zero-order valence-corrected chi connectivity index (χ0v) is 16.6. The van der Waals surface area contributed by atoms with Crippen LogP contribution in [-0.4, -0.2) is 42.0 Å². The number of nitrogens with zero attached hydrogens (tertiary/aromatic N) is 3. The topological polar surface area (TPSA) is 36.4 Å². The Bertz CT molecular complexity index is 988. The highest BCUT2D eigenvalue weighted by molar-refractivity contribution is 7.22. The van der Waals surface area contributed by atoms with E-state index in [9.17, 15) is 4.79 Å². The fourth-order valence-electron chi connectivity index (χ4n) is 3.09. The van der Waals surface area contributed by atoms with E-state index in [1.807, 2.05) is 53.4 Å². The molecule has 0 bridgehead atoms. The zero-order chi connectivity index (χ0) is 18.8. The first kappa shape index (κ1) is 18.0. The molecule has 0 radical (unpaired) electrons. The van der Waals surface area contributed by atoms with Crippen molar-refractivity contribution < 1.29 is 4.79 Å². The number of hydrogen-bond acceptors (Lipinski definition) is 4. The Morgan fingerprint density at radius 2 is 1.85 bits per heavy atom. The van der Waals surface area contributed by atoms with Gasteiger partial charge in [0.15, 0.2) is 5.13 Å². The number of thiazole rings is 1. The normalized spacial score (nSPS) is 15.0. The molecule has 1 aliphatic rings. The fraction of sp³-hybridized carbons (Fsp3) is 0.238. The Morgan fingerprint density at radius 3 is 2.59 bits per heavy atom. The van der Waals surface area contributed by atoms with Crippen molar-refractivity contribution in [2.75, 3.05) is 31.1 Å². The molecule has 3 aromatic rings. The molecule has 2 heterocycles. The van der Waals surface area contributed by atoms with Crippen LogP contribution in [0.1, 0.15) is 11.1 Å². The smallest absolute Gasteiger partial charge is 0.246 e. The van der Waals surface area contributed by atoms with E-state index in [4.69, 9.17) is 16.6 Å². The van der Waals surface area contributed by atoms with Gasteiger partial charge in [-0.05, 0) is 36.8 Å². The molecule has 1 amide bonds. The van der Waals surface area contributed by atoms with E-state index in [0.29, 0.717) is 13.1 Å². The van der Waals surface area contributed by atoms with Gasteiger partial charge in [0, 0.05) is 37.3 Å². The summed E-state index contributed by atoms with van der Waals surface area (Å²) in [6, 6.07) is 13.9. The second-order valence-corrected chi connectivity index (χ2v) is 8.11. The molecule has 2 aromatic carbocycles. The lowest BCUT2D eigenvalue weighted by Crippen LogP contribution is -2.48. The summed E-state index contributed by atoms with van der Waals surface area (Å²) in [4.78, 5) is 21.3. The van der Waals surface area contributed by atoms with E-state index in [1.165, 1.54) is 5.56 Å². The van der Waals surface area contributed by atoms with Gasteiger partial charge in [-0.2, -0.15) is 0 Å². The van der Waals surface area contributed by atoms with E-state index in [2.05, 4.69) is 11.8 Å². The van der Waals surface area contributed by atoms with Crippen molar-refractivity contribution >= 4 is 50.3 Å². The molecule has 0 unspecified atom stereocenters. The first-order chi connectivity index (χ1) is 13.1. The van der Waals surface area contributed by atoms with Gasteiger partial charge in [0.05, 0.1) is 10.2 Å². The molecular formula is C21H20ClN3OS. The third-order valence-electron chi connectivity index (χ3n) is 4.70. The molecule has 4 rings (SSSR count). The van der Waals surface area contributed by atoms with Crippen LogP contribution in [0, 0.1) is 6.92 Å². The fourth-order valence-corrected chi connectivity index (χ4v) is 4.38. The van der Waals surface area contributed by atoms with Gasteiger partial charge in [-0.1, -0.05) is 52.8 Å². The molecule has 27 heavy (non-hydrogen) atoms. The molecule has 1 fully saturated rings. The minimum atomic E-state index is 0.0614. The predicted molar refractivity (Wildman–Crippen MR) is 114 cm³/mol. The van der Waals surface area contributed by atoms with Gasteiger partial charge in [-0.15, -0.1) is 0 Å². The molecule has 0 spiro atoms. The Balaban J connectivity index is 1.37. The first-order valence-electron chi connectivity index (χ1n) is 8.93. The van der Waals surface area contributed by atoms with Crippen molar-refractivity contribution in [2.45, 2.75) is 6.92 Å². The van der Waals surface area contributed by atoms with Gasteiger partial charge < -0.3 is 9.80 Å². The quantitative estimate of drug-likeness (QED) is 0.605. The molecule has 0 aliphatic carbocycles. The molecule has 0 N–H and O–H groups in total. The lowest BCUT2D eigenvalue weighted by molar-refractivity contribution is -0.126. The number of aromatic nitrogens is 1. The van der Waals surface area contributed by atoms with E-state index >= 15 is 0 Å². The van der Waals surface area contributed by atoms with Crippen LogP contribution in [0.25, 0.3) is 16.3 Å². The summed E-state index contributed by atoms with van der Waals surface area (Å²) < 4.78 is 1.09. The Morgan fingerprint density at radius 1 is 1.11 bits per heavy atom. The van der Waals surface area contributed by atoms with Crippen LogP contribution in [-0.2, 0) is 4.79 Å². The van der Waals surface area contributed by atoms with Crippen molar-refractivity contribution in [3.8, 4) is 0 Å². The summed E-state index contributed by atoms with van der Waals surface area (Å²) in [7, 11) is 0. The Hall–Kier alpha value is -2.37. The Labute approximate surface area is 167 Å². The summed E-state index contributed by atoms with van der Waals surface area (Å²) >= 11 is 7.71. The number of halogens is 1. The van der Waals surface area contributed by atoms with E-state index < -0.39 is 0 Å². The lowest BCUT2D eigenvalue weighted by Gasteiger charge is -2.34. The van der Waals surface area contributed by atoms with Gasteiger partial charge in [-0.25, -0.2) is 4.98 Å². The van der Waals surface area contributed by atoms with Gasteiger partial charge in [0.2, 0.25) is 5.91 Å². The van der Waals surface area contributed by atoms with Crippen molar-refractivity contribution in [1.29, 1.82) is 0 Å². The summed E-state index contributed by atoms with van der Waals surface area (Å²) in [5, 5.41) is 1.73. The summed E-state index contributed by atoms with van der Waals surface area (Å²) in [5.74, 6) is 0.0614. The monoisotopic (exact) mass is 397 g/mol. The van der Waals surface area contributed by atoms with Crippen LogP contribution < -0.4 is 4.90 Å². The number of rotatable bonds is 3. The first-order valence-corrected chi connectivity index (χ1v) is 10.1. The highest BCUT2D eigenvalue weighted by atomic mass is 35.5. The van der Waals surface area contributed by atoms with Crippen molar-refractivity contribution in [3.05, 3.63) is 64.7 Å². The number of piperazine rings is 1. The molecular weight excluding hydrogens is 378 g/mol. The number of aryl methyl sites for hydroxylation is 1. The lowest BCUT2D eigenvalue weighted by atomic mass is 10.1. The minimum Gasteiger partial charge on any atom is -0.345 e. The molecule has 0 atom stereocenters. The maximum absolute atomic E-state index is 12.5. The van der Waals surface area contributed by atoms with Crippen LogP contribution >= 0.6 is 22.9 Å². The minimum absolute atomic E-state index is 0.0614. The van der Waals surface area contributed by atoms with Crippen molar-refractivity contribution in [3.63, 3.8) is 0 Å². The number of hydrogen-bond donors (Lipinski definition) is 0. The molecule has 4 nitrogen and oxygen atoms in total. The number of fused-ring (bicyclic) bond motifs is 1. The third-order valence-corrected chi connectivity index (χ3v) is 6.01. The second-order valence-electron chi connectivity index (χ2n) is 6.66. The summed E-state index contributed by atoms with van der Waals surface area (Å²) in [5.41, 5.74) is 3.23. The molecule has 0 saturated carbocycles. The molecule has 1 aromatic heterocycles. The van der Waals surface area contributed by atoms with Crippen LogP contribution in [0.3, 0.4) is 0 Å². The Kier molecular flexibility index (Phi) is 5.14. The zero-order valence-electron chi connectivity index (χ0n) is 15.1. The van der Waals surface area contributed by atoms with E-state index in [-0.39, 0.29) is 5.91 Å². The number of anilines is 1. The summed E-state index contributed by atoms with van der Waals surface area (Å²) in [6.45, 7) is 5.04. The van der Waals surface area contributed by atoms with Crippen molar-refractivity contribution in [1.82, 2.24) is 9.88 Å². The number of benzene rings is 2. The maximum atomic E-state index is 12.5. The van der Waals surface area contributed by atoms with Crippen LogP contribution in [0.2, 0.25) is 5.02 Å². The maximum Gasteiger partial charge on any atom is 0.246 e. The van der Waals surface area contributed by atoms with Crippen LogP contribution in [0.15, 0.2) is 48.5 Å². The van der Waals surface area contributed by atoms with Gasteiger partial charge in [-0.3, -0.25) is 4.79 Å². The highest BCUT2D eigenvalue weighted by Crippen LogP contribution is 2.31. The van der Waals surface area contributed by atoms with Crippen LogP contribution in [0.4, 0.5) is 5.13 Å². The number of carbonyl (C=O) groups excluding carboxylic acids is 1. The molecule has 6 heteroatoms. The van der Waals surface area contributed by atoms with E-state index in [1.54, 1.807) is 17.4 Å². The predicted octanol–water partition coefficient (Wildman–Crippen LogP) is 4.62. The SMILES string of the molecule is Cc1ccc(/C=C/C(=O)N2CCN(c3nc4ccc(Cl)cc4s3)CC2)cc1. The standard InChI is InChI=1S/C21H20ClN3OS/c1-15-2-4-16(5-3-15)6-9-20(26)24-10-12-25(13-11-24)21-23-18-8-7-17(22)14-19(18)27-21/h2-9,14H,10-13H2,1H3/b9-6+. The average Bonchev–Trinajstić information content (AvgIpc) is 3.10. The second kappa shape index (κ2) is 7.71. The van der Waals surface area contributed by atoms with Gasteiger partial charge in [0.25, 0.3) is 0 Å². The summed E-state index contributed by atoms with van der Waals surface area (Å²) in [6.07, 6.45) is 3.55. The van der Waals surface area contributed by atoms with Crippen molar-refractivity contribution in [2.24, 2.45) is 0 Å². The number of carbonyl (C=O) groups is 1. The highest BCUT2D eigenvalue weighted by Gasteiger charge is 2.22. The molecule has 138 valence electrons.